The summed E-state index contributed by atoms with van der Waals surface area (Å²) in [4.78, 5) is 12.0. The van der Waals surface area contributed by atoms with Crippen LogP contribution in [0.4, 0.5) is 5.69 Å². The van der Waals surface area contributed by atoms with Crippen molar-refractivity contribution in [1.29, 1.82) is 0 Å². The second kappa shape index (κ2) is 5.86. The smallest absolute Gasteiger partial charge is 0.256 e. The highest BCUT2D eigenvalue weighted by Gasteiger charge is 2.10. The topological polar surface area (TPSA) is 38.3 Å². The Morgan fingerprint density at radius 1 is 1.33 bits per heavy atom. The summed E-state index contributed by atoms with van der Waals surface area (Å²) >= 11 is 8.20. The Bertz CT molecular complexity index is 583. The molecule has 3 nitrogen and oxygen atoms in total. The van der Waals surface area contributed by atoms with E-state index >= 15 is 0 Å². The zero-order chi connectivity index (χ0) is 13.1. The number of rotatable bonds is 3. The van der Waals surface area contributed by atoms with Crippen molar-refractivity contribution in [3.63, 3.8) is 0 Å². The maximum absolute atomic E-state index is 12.0. The Balaban J connectivity index is 2.21. The van der Waals surface area contributed by atoms with Crippen LogP contribution in [-0.2, 0) is 0 Å². The number of thiophene rings is 1. The minimum Gasteiger partial charge on any atom is -0.497 e. The van der Waals surface area contributed by atoms with Gasteiger partial charge in [-0.1, -0.05) is 0 Å². The Labute approximate surface area is 125 Å². The van der Waals surface area contributed by atoms with Gasteiger partial charge in [-0.2, -0.15) is 0 Å². The van der Waals surface area contributed by atoms with Crippen LogP contribution in [0.5, 0.6) is 5.75 Å². The number of carbonyl (C=O) groups excluding carboxylic acids is 1. The average Bonchev–Trinajstić information content (AvgIpc) is 2.79. The predicted molar refractivity (Wildman–Crippen MR) is 80.7 cm³/mol. The number of hydrogen-bond donors (Lipinski definition) is 1. The summed E-state index contributed by atoms with van der Waals surface area (Å²) in [5.41, 5.74) is 1.31. The molecule has 18 heavy (non-hydrogen) atoms. The van der Waals surface area contributed by atoms with Crippen LogP contribution in [0.1, 0.15) is 10.4 Å². The molecule has 0 saturated carbocycles. The van der Waals surface area contributed by atoms with Crippen molar-refractivity contribution >= 4 is 54.8 Å². The van der Waals surface area contributed by atoms with E-state index in [1.165, 1.54) is 11.3 Å². The fourth-order valence-electron chi connectivity index (χ4n) is 1.35. The molecule has 2 rings (SSSR count). The lowest BCUT2D eigenvalue weighted by Crippen LogP contribution is -2.11. The minimum atomic E-state index is -0.147. The monoisotopic (exact) mass is 389 g/mol. The molecule has 0 aliphatic carbocycles. The quantitative estimate of drug-likeness (QED) is 0.835. The van der Waals surface area contributed by atoms with E-state index in [1.807, 2.05) is 12.1 Å². The third-order valence-electron chi connectivity index (χ3n) is 2.25. The number of ether oxygens (including phenoxy) is 1. The van der Waals surface area contributed by atoms with E-state index in [0.29, 0.717) is 17.0 Å². The van der Waals surface area contributed by atoms with E-state index in [0.717, 1.165) is 8.26 Å². The van der Waals surface area contributed by atoms with Gasteiger partial charge in [-0.25, -0.2) is 0 Å². The van der Waals surface area contributed by atoms with Gasteiger partial charge in [-0.3, -0.25) is 4.79 Å². The van der Waals surface area contributed by atoms with E-state index in [9.17, 15) is 4.79 Å². The molecule has 0 aliphatic heterocycles. The van der Waals surface area contributed by atoms with Crippen LogP contribution in [-0.4, -0.2) is 13.0 Å². The highest BCUT2D eigenvalue weighted by atomic mass is 79.9. The highest BCUT2D eigenvalue weighted by molar-refractivity contribution is 9.11. The summed E-state index contributed by atoms with van der Waals surface area (Å²) in [6, 6.07) is 7.20. The van der Waals surface area contributed by atoms with Crippen molar-refractivity contribution in [2.24, 2.45) is 0 Å². The van der Waals surface area contributed by atoms with E-state index in [4.69, 9.17) is 4.74 Å². The summed E-state index contributed by atoms with van der Waals surface area (Å²) in [5, 5.41) is 4.63. The van der Waals surface area contributed by atoms with Gasteiger partial charge >= 0.3 is 0 Å². The summed E-state index contributed by atoms with van der Waals surface area (Å²) in [6.07, 6.45) is 0. The SMILES string of the molecule is COc1ccc(Br)c(NC(=O)c2csc(Br)c2)c1. The number of halogens is 2. The van der Waals surface area contributed by atoms with Gasteiger partial charge < -0.3 is 10.1 Å². The summed E-state index contributed by atoms with van der Waals surface area (Å²) in [6.45, 7) is 0. The Morgan fingerprint density at radius 3 is 2.72 bits per heavy atom. The van der Waals surface area contributed by atoms with Crippen LogP contribution in [0.15, 0.2) is 37.9 Å². The largest absolute Gasteiger partial charge is 0.497 e. The fraction of sp³-hybridized carbons (Fsp3) is 0.0833. The molecule has 1 heterocycles. The number of methoxy groups -OCH3 is 1. The Morgan fingerprint density at radius 2 is 2.11 bits per heavy atom. The molecule has 0 spiro atoms. The van der Waals surface area contributed by atoms with Crippen molar-refractivity contribution < 1.29 is 9.53 Å². The maximum atomic E-state index is 12.0. The first-order valence-electron chi connectivity index (χ1n) is 4.99. The lowest BCUT2D eigenvalue weighted by Gasteiger charge is -2.08. The number of hydrogen-bond acceptors (Lipinski definition) is 3. The van der Waals surface area contributed by atoms with E-state index in [-0.39, 0.29) is 5.91 Å². The van der Waals surface area contributed by atoms with Crippen molar-refractivity contribution in [3.8, 4) is 5.75 Å². The standard InChI is InChI=1S/C12H9Br2NO2S/c1-17-8-2-3-9(13)10(5-8)15-12(16)7-4-11(14)18-6-7/h2-6H,1H3,(H,15,16). The molecule has 0 aliphatic rings. The van der Waals surface area contributed by atoms with Gasteiger partial charge in [0, 0.05) is 15.9 Å². The first kappa shape index (κ1) is 13.6. The van der Waals surface area contributed by atoms with Crippen LogP contribution >= 0.6 is 43.2 Å². The van der Waals surface area contributed by atoms with Crippen molar-refractivity contribution in [2.45, 2.75) is 0 Å². The van der Waals surface area contributed by atoms with Gasteiger partial charge in [0.15, 0.2) is 0 Å². The zero-order valence-electron chi connectivity index (χ0n) is 9.37. The molecule has 1 aromatic heterocycles. The van der Waals surface area contributed by atoms with Crippen LogP contribution in [0, 0.1) is 0 Å². The molecule has 6 heteroatoms. The minimum absolute atomic E-state index is 0.147. The molecular weight excluding hydrogens is 382 g/mol. The molecular formula is C12H9Br2NO2S. The molecule has 1 N–H and O–H groups in total. The molecule has 1 aromatic carbocycles. The van der Waals surface area contributed by atoms with Gasteiger partial charge in [0.05, 0.1) is 22.1 Å². The van der Waals surface area contributed by atoms with Gasteiger partial charge in [0.1, 0.15) is 5.75 Å². The van der Waals surface area contributed by atoms with Crippen LogP contribution in [0.2, 0.25) is 0 Å². The summed E-state index contributed by atoms with van der Waals surface area (Å²) in [5.74, 6) is 0.547. The third-order valence-corrected chi connectivity index (χ3v) is 4.45. The molecule has 0 saturated heterocycles. The van der Waals surface area contributed by atoms with Crippen LogP contribution < -0.4 is 10.1 Å². The third kappa shape index (κ3) is 3.13. The molecule has 0 unspecified atom stereocenters. The second-order valence-corrected chi connectivity index (χ2v) is 6.58. The second-order valence-electron chi connectivity index (χ2n) is 3.44. The van der Waals surface area contributed by atoms with Gasteiger partial charge in [-0.05, 0) is 50.1 Å². The van der Waals surface area contributed by atoms with Gasteiger partial charge in [0.2, 0.25) is 0 Å². The Hall–Kier alpha value is -0.850. The first-order chi connectivity index (χ1) is 8.60. The van der Waals surface area contributed by atoms with Gasteiger partial charge in [-0.15, -0.1) is 11.3 Å². The van der Waals surface area contributed by atoms with Crippen LogP contribution in [0.3, 0.4) is 0 Å². The molecule has 1 amide bonds. The number of carbonyl (C=O) groups is 1. The lowest BCUT2D eigenvalue weighted by atomic mass is 10.2. The Kier molecular flexibility index (Phi) is 4.42. The zero-order valence-corrected chi connectivity index (χ0v) is 13.4. The average molecular weight is 391 g/mol. The first-order valence-corrected chi connectivity index (χ1v) is 7.45. The fourth-order valence-corrected chi connectivity index (χ4v) is 2.83. The highest BCUT2D eigenvalue weighted by Crippen LogP contribution is 2.28. The number of amides is 1. The van der Waals surface area contributed by atoms with Crippen LogP contribution in [0.25, 0.3) is 0 Å². The molecule has 0 bridgehead atoms. The van der Waals surface area contributed by atoms with E-state index in [2.05, 4.69) is 37.2 Å². The van der Waals surface area contributed by atoms with Crippen molar-refractivity contribution in [3.05, 3.63) is 43.5 Å². The van der Waals surface area contributed by atoms with Crippen molar-refractivity contribution in [2.75, 3.05) is 12.4 Å². The van der Waals surface area contributed by atoms with E-state index < -0.39 is 0 Å². The predicted octanol–water partition coefficient (Wildman–Crippen LogP) is 4.53. The van der Waals surface area contributed by atoms with Crippen molar-refractivity contribution in [1.82, 2.24) is 0 Å². The molecule has 2 aromatic rings. The van der Waals surface area contributed by atoms with Gasteiger partial charge in [0.25, 0.3) is 5.91 Å². The number of benzene rings is 1. The normalized spacial score (nSPS) is 10.2. The molecule has 0 fully saturated rings. The van der Waals surface area contributed by atoms with E-state index in [1.54, 1.807) is 24.6 Å². The maximum Gasteiger partial charge on any atom is 0.256 e. The summed E-state index contributed by atoms with van der Waals surface area (Å²) < 4.78 is 6.86. The lowest BCUT2D eigenvalue weighted by molar-refractivity contribution is 0.102. The molecule has 0 atom stereocenters. The molecule has 94 valence electrons. The number of nitrogens with one attached hydrogen (secondary N) is 1. The molecule has 0 radical (unpaired) electrons. The summed E-state index contributed by atoms with van der Waals surface area (Å²) in [7, 11) is 1.59. The number of anilines is 1.